The Balaban J connectivity index is 1.21. The van der Waals surface area contributed by atoms with E-state index in [-0.39, 0.29) is 43.5 Å². The molecule has 2 aliphatic carbocycles. The molecule has 3 aliphatic rings. The highest BCUT2D eigenvalue weighted by molar-refractivity contribution is 5.85. The number of likely N-dealkylation sites (tertiary alicyclic amines) is 1. The Hall–Kier alpha value is -3.35. The van der Waals surface area contributed by atoms with E-state index in [2.05, 4.69) is 29.6 Å². The van der Waals surface area contributed by atoms with Crippen LogP contribution in [-0.4, -0.2) is 53.7 Å². The van der Waals surface area contributed by atoms with Crippen molar-refractivity contribution in [2.45, 2.75) is 51.0 Å². The Morgan fingerprint density at radius 2 is 1.60 bits per heavy atom. The van der Waals surface area contributed by atoms with Crippen LogP contribution in [0.1, 0.15) is 56.1 Å². The summed E-state index contributed by atoms with van der Waals surface area (Å²) >= 11 is 0. The number of rotatable bonds is 6. The average Bonchev–Trinajstić information content (AvgIpc) is 3.16. The number of amides is 2. The van der Waals surface area contributed by atoms with E-state index in [1.807, 2.05) is 31.2 Å². The molecular weight excluding hydrogens is 444 g/mol. The number of alkyl carbamates (subject to hydrolysis) is 1. The van der Waals surface area contributed by atoms with Crippen LogP contribution in [0.3, 0.4) is 0 Å². The molecule has 0 unspecified atom stereocenters. The predicted octanol–water partition coefficient (Wildman–Crippen LogP) is 4.41. The topological polar surface area (TPSA) is 95.9 Å². The van der Waals surface area contributed by atoms with Crippen molar-refractivity contribution in [2.24, 2.45) is 11.3 Å². The lowest BCUT2D eigenvalue weighted by atomic mass is 9.75. The Morgan fingerprint density at radius 3 is 2.20 bits per heavy atom. The van der Waals surface area contributed by atoms with Gasteiger partial charge in [0.2, 0.25) is 5.91 Å². The van der Waals surface area contributed by atoms with E-state index in [1.54, 1.807) is 4.90 Å². The molecule has 35 heavy (non-hydrogen) atoms. The standard InChI is InChI=1S/C28H32N2O5/c1-2-28(26(32)33)16-30(17-28)25(31)22-13-7-8-14-24(22)29-27(34)35-15-23-20-11-5-3-9-18(20)19-10-4-6-12-21(19)23/h3-6,9-12,22-24H,2,7-8,13-17H2,1H3,(H,29,34)(H,32,33)/t22-,24+/m0/s1. The van der Waals surface area contributed by atoms with Crippen LogP contribution in [0.5, 0.6) is 0 Å². The van der Waals surface area contributed by atoms with Crippen LogP contribution in [0, 0.1) is 11.3 Å². The van der Waals surface area contributed by atoms with E-state index in [0.29, 0.717) is 19.3 Å². The van der Waals surface area contributed by atoms with Gasteiger partial charge in [-0.1, -0.05) is 68.3 Å². The molecule has 1 saturated heterocycles. The Kier molecular flexibility index (Phi) is 6.26. The summed E-state index contributed by atoms with van der Waals surface area (Å²) in [6, 6.07) is 16.1. The summed E-state index contributed by atoms with van der Waals surface area (Å²) in [5.74, 6) is -1.26. The summed E-state index contributed by atoms with van der Waals surface area (Å²) in [5, 5.41) is 12.5. The van der Waals surface area contributed by atoms with Crippen LogP contribution in [0.25, 0.3) is 11.1 Å². The highest BCUT2D eigenvalue weighted by Gasteiger charge is 2.51. The van der Waals surface area contributed by atoms with Crippen molar-refractivity contribution in [3.63, 3.8) is 0 Å². The summed E-state index contributed by atoms with van der Waals surface area (Å²) < 4.78 is 5.70. The van der Waals surface area contributed by atoms with Gasteiger partial charge in [0.15, 0.2) is 0 Å². The van der Waals surface area contributed by atoms with Gasteiger partial charge in [0.1, 0.15) is 12.0 Å². The minimum atomic E-state index is -0.846. The summed E-state index contributed by atoms with van der Waals surface area (Å²) in [4.78, 5) is 39.2. The third-order valence-corrected chi connectivity index (χ3v) is 8.16. The molecule has 5 rings (SSSR count). The molecule has 1 saturated carbocycles. The van der Waals surface area contributed by atoms with Crippen molar-refractivity contribution in [2.75, 3.05) is 19.7 Å². The zero-order valence-corrected chi connectivity index (χ0v) is 20.0. The molecule has 7 nitrogen and oxygen atoms in total. The molecule has 0 radical (unpaired) electrons. The molecule has 2 N–H and O–H groups in total. The Labute approximate surface area is 205 Å². The fourth-order valence-electron chi connectivity index (χ4n) is 5.98. The lowest BCUT2D eigenvalue weighted by Gasteiger charge is -2.49. The maximum atomic E-state index is 13.2. The van der Waals surface area contributed by atoms with Gasteiger partial charge in [-0.25, -0.2) is 4.79 Å². The maximum Gasteiger partial charge on any atom is 0.407 e. The van der Waals surface area contributed by atoms with Crippen LogP contribution in [0.15, 0.2) is 48.5 Å². The van der Waals surface area contributed by atoms with Crippen LogP contribution in [-0.2, 0) is 14.3 Å². The van der Waals surface area contributed by atoms with Gasteiger partial charge in [0.25, 0.3) is 0 Å². The number of hydrogen-bond donors (Lipinski definition) is 2. The van der Waals surface area contributed by atoms with E-state index >= 15 is 0 Å². The van der Waals surface area contributed by atoms with Crippen molar-refractivity contribution >= 4 is 18.0 Å². The second kappa shape index (κ2) is 9.36. The van der Waals surface area contributed by atoms with Crippen molar-refractivity contribution in [1.82, 2.24) is 10.2 Å². The number of benzene rings is 2. The van der Waals surface area contributed by atoms with Gasteiger partial charge in [0.05, 0.1) is 5.92 Å². The fraction of sp³-hybridized carbons (Fsp3) is 0.464. The van der Waals surface area contributed by atoms with Crippen LogP contribution in [0.4, 0.5) is 4.79 Å². The monoisotopic (exact) mass is 476 g/mol. The zero-order valence-electron chi connectivity index (χ0n) is 20.0. The number of fused-ring (bicyclic) bond motifs is 3. The highest BCUT2D eigenvalue weighted by atomic mass is 16.5. The van der Waals surface area contributed by atoms with Gasteiger partial charge in [-0.3, -0.25) is 9.59 Å². The summed E-state index contributed by atoms with van der Waals surface area (Å²) in [7, 11) is 0. The third kappa shape index (κ3) is 4.17. The molecule has 7 heteroatoms. The number of hydrogen-bond acceptors (Lipinski definition) is 4. The van der Waals surface area contributed by atoms with E-state index < -0.39 is 17.5 Å². The van der Waals surface area contributed by atoms with Gasteiger partial charge >= 0.3 is 12.1 Å². The van der Waals surface area contributed by atoms with Crippen LogP contribution in [0.2, 0.25) is 0 Å². The molecule has 0 aromatic heterocycles. The molecule has 2 atom stereocenters. The number of ether oxygens (including phenoxy) is 1. The molecular formula is C28H32N2O5. The summed E-state index contributed by atoms with van der Waals surface area (Å²) in [5.41, 5.74) is 3.83. The second-order valence-corrected chi connectivity index (χ2v) is 10.1. The van der Waals surface area contributed by atoms with Gasteiger partial charge in [-0.05, 0) is 41.5 Å². The zero-order chi connectivity index (χ0) is 24.6. The Bertz CT molecular complexity index is 1090. The molecule has 1 heterocycles. The van der Waals surface area contributed by atoms with Gasteiger partial charge in [0, 0.05) is 25.0 Å². The van der Waals surface area contributed by atoms with Crippen molar-refractivity contribution in [1.29, 1.82) is 0 Å². The lowest BCUT2D eigenvalue weighted by Crippen LogP contribution is -2.64. The first-order valence-electron chi connectivity index (χ1n) is 12.6. The molecule has 2 fully saturated rings. The normalized spacial score (nSPS) is 22.5. The smallest absolute Gasteiger partial charge is 0.407 e. The number of carbonyl (C=O) groups is 3. The molecule has 1 aliphatic heterocycles. The molecule has 2 aromatic rings. The minimum absolute atomic E-state index is 0.0174. The molecule has 2 amide bonds. The number of nitrogens with one attached hydrogen (secondary N) is 1. The molecule has 184 valence electrons. The highest BCUT2D eigenvalue weighted by Crippen LogP contribution is 2.44. The fourth-order valence-corrected chi connectivity index (χ4v) is 5.98. The van der Waals surface area contributed by atoms with Crippen LogP contribution < -0.4 is 5.32 Å². The van der Waals surface area contributed by atoms with Crippen molar-refractivity contribution in [3.8, 4) is 11.1 Å². The summed E-state index contributed by atoms with van der Waals surface area (Å²) in [6.07, 6.45) is 3.26. The number of carboxylic acid groups (broad SMARTS) is 1. The van der Waals surface area contributed by atoms with Crippen molar-refractivity contribution in [3.05, 3.63) is 59.7 Å². The maximum absolute atomic E-state index is 13.2. The van der Waals surface area contributed by atoms with Gasteiger partial charge < -0.3 is 20.1 Å². The number of carbonyl (C=O) groups excluding carboxylic acids is 2. The number of aliphatic carboxylic acids is 1. The quantitative estimate of drug-likeness (QED) is 0.644. The number of carboxylic acids is 1. The van der Waals surface area contributed by atoms with E-state index in [4.69, 9.17) is 4.74 Å². The molecule has 2 aromatic carbocycles. The van der Waals surface area contributed by atoms with Gasteiger partial charge in [-0.2, -0.15) is 0 Å². The number of nitrogens with zero attached hydrogens (tertiary/aromatic N) is 1. The first-order valence-corrected chi connectivity index (χ1v) is 12.6. The van der Waals surface area contributed by atoms with E-state index in [9.17, 15) is 19.5 Å². The lowest BCUT2D eigenvalue weighted by molar-refractivity contribution is -0.168. The average molecular weight is 477 g/mol. The third-order valence-electron chi connectivity index (χ3n) is 8.16. The van der Waals surface area contributed by atoms with E-state index in [1.165, 1.54) is 11.1 Å². The van der Waals surface area contributed by atoms with Crippen molar-refractivity contribution < 1.29 is 24.2 Å². The van der Waals surface area contributed by atoms with Crippen LogP contribution >= 0.6 is 0 Å². The Morgan fingerprint density at radius 1 is 1.00 bits per heavy atom. The molecule has 0 bridgehead atoms. The first-order chi connectivity index (χ1) is 16.9. The second-order valence-electron chi connectivity index (χ2n) is 10.1. The first kappa shape index (κ1) is 23.4. The van der Waals surface area contributed by atoms with E-state index in [0.717, 1.165) is 24.0 Å². The van der Waals surface area contributed by atoms with Gasteiger partial charge in [-0.15, -0.1) is 0 Å². The summed E-state index contributed by atoms with van der Waals surface area (Å²) in [6.45, 7) is 2.56. The predicted molar refractivity (Wildman–Crippen MR) is 131 cm³/mol. The molecule has 0 spiro atoms. The largest absolute Gasteiger partial charge is 0.481 e. The minimum Gasteiger partial charge on any atom is -0.481 e. The SMILES string of the molecule is CCC1(C(=O)O)CN(C(=O)[C@H]2CCCC[C@H]2NC(=O)OCC2c3ccccc3-c3ccccc32)C1.